The van der Waals surface area contributed by atoms with E-state index in [1.807, 2.05) is 18.2 Å². The molecule has 4 aromatic carbocycles. The monoisotopic (exact) mass is 560 g/mol. The molecule has 5 rings (SSSR count). The van der Waals surface area contributed by atoms with Gasteiger partial charge in [-0.3, -0.25) is 0 Å². The summed E-state index contributed by atoms with van der Waals surface area (Å²) in [4.78, 5) is 12.7. The molecule has 0 spiro atoms. The number of allylic oxidation sites excluding steroid dienone is 1. The zero-order valence-corrected chi connectivity index (χ0v) is 21.7. The van der Waals surface area contributed by atoms with Gasteiger partial charge in [-0.25, -0.2) is 9.18 Å². The summed E-state index contributed by atoms with van der Waals surface area (Å²) < 4.78 is 30.4. The Morgan fingerprint density at radius 1 is 1.00 bits per heavy atom. The molecule has 2 N–H and O–H groups in total. The number of fused-ring (bicyclic) bond motifs is 1. The van der Waals surface area contributed by atoms with Gasteiger partial charge >= 0.3 is 5.97 Å². The molecule has 0 aromatic heterocycles. The Kier molecular flexibility index (Phi) is 7.42. The molecule has 194 valence electrons. The number of carbonyl (C=O) groups excluding carboxylic acids is 1. The van der Waals surface area contributed by atoms with E-state index in [1.165, 1.54) is 36.4 Å². The molecule has 1 aliphatic heterocycles. The number of ether oxygens (including phenoxy) is 3. The smallest absolute Gasteiger partial charge is 0.345 e. The molecule has 6 nitrogen and oxygen atoms in total. The Morgan fingerprint density at radius 3 is 2.54 bits per heavy atom. The first-order chi connectivity index (χ1) is 18.8. The maximum absolute atomic E-state index is 13.2. The predicted octanol–water partition coefficient (Wildman–Crippen LogP) is 7.15. The quantitative estimate of drug-likeness (QED) is 0.199. The molecule has 1 heterocycles. The molecule has 9 heteroatoms. The van der Waals surface area contributed by atoms with Gasteiger partial charge in [0.25, 0.3) is 0 Å². The summed E-state index contributed by atoms with van der Waals surface area (Å²) in [5, 5.41) is 10.4. The fourth-order valence-corrected chi connectivity index (χ4v) is 4.68. The van der Waals surface area contributed by atoms with Crippen molar-refractivity contribution in [3.8, 4) is 23.3 Å². The van der Waals surface area contributed by atoms with Gasteiger partial charge in [0.05, 0.1) is 16.5 Å². The molecule has 39 heavy (non-hydrogen) atoms. The highest BCUT2D eigenvalue weighted by atomic mass is 35.5. The molecule has 0 aliphatic carbocycles. The lowest BCUT2D eigenvalue weighted by Crippen LogP contribution is -2.21. The van der Waals surface area contributed by atoms with Gasteiger partial charge in [0, 0.05) is 16.7 Å². The molecular formula is C30H19Cl2FN2O4. The number of nitriles is 1. The molecule has 0 fully saturated rings. The Morgan fingerprint density at radius 2 is 1.79 bits per heavy atom. The molecule has 1 atom stereocenters. The van der Waals surface area contributed by atoms with E-state index in [2.05, 4.69) is 6.07 Å². The maximum Gasteiger partial charge on any atom is 0.345 e. The number of carbonyl (C=O) groups is 1. The van der Waals surface area contributed by atoms with Crippen LogP contribution in [0.2, 0.25) is 10.0 Å². The summed E-state index contributed by atoms with van der Waals surface area (Å²) in [6, 6.07) is 24.7. The molecular weight excluding hydrogens is 542 g/mol. The second-order valence-electron chi connectivity index (χ2n) is 8.63. The van der Waals surface area contributed by atoms with Crippen molar-refractivity contribution in [3.05, 3.63) is 135 Å². The Hall–Kier alpha value is -4.51. The van der Waals surface area contributed by atoms with E-state index in [-0.39, 0.29) is 40.2 Å². The summed E-state index contributed by atoms with van der Waals surface area (Å²) in [5.74, 6) is -0.503. The van der Waals surface area contributed by atoms with Crippen LogP contribution in [-0.2, 0) is 6.61 Å². The largest absolute Gasteiger partial charge is 0.489 e. The molecule has 0 radical (unpaired) electrons. The van der Waals surface area contributed by atoms with Crippen LogP contribution in [0.3, 0.4) is 0 Å². The topological polar surface area (TPSA) is 94.6 Å². The zero-order chi connectivity index (χ0) is 27.5. The summed E-state index contributed by atoms with van der Waals surface area (Å²) in [7, 11) is 0. The molecule has 1 aliphatic rings. The van der Waals surface area contributed by atoms with Crippen molar-refractivity contribution in [1.82, 2.24) is 0 Å². The van der Waals surface area contributed by atoms with Crippen molar-refractivity contribution < 1.29 is 23.4 Å². The molecule has 0 saturated carbocycles. The van der Waals surface area contributed by atoms with E-state index in [0.29, 0.717) is 22.1 Å². The highest BCUT2D eigenvalue weighted by Crippen LogP contribution is 2.44. The highest BCUT2D eigenvalue weighted by molar-refractivity contribution is 6.36. The number of nitrogens with zero attached hydrogens (tertiary/aromatic N) is 1. The maximum atomic E-state index is 13.2. The van der Waals surface area contributed by atoms with Gasteiger partial charge in [0.2, 0.25) is 5.88 Å². The minimum absolute atomic E-state index is 0.0585. The lowest BCUT2D eigenvalue weighted by atomic mass is 9.83. The van der Waals surface area contributed by atoms with Crippen LogP contribution in [0.25, 0.3) is 0 Å². The van der Waals surface area contributed by atoms with Crippen molar-refractivity contribution in [3.63, 3.8) is 0 Å². The summed E-state index contributed by atoms with van der Waals surface area (Å²) in [6.45, 7) is 0.240. The van der Waals surface area contributed by atoms with E-state index < -0.39 is 11.9 Å². The summed E-state index contributed by atoms with van der Waals surface area (Å²) >= 11 is 12.0. The van der Waals surface area contributed by atoms with Crippen LogP contribution in [0, 0.1) is 17.1 Å². The molecule has 1 unspecified atom stereocenters. The van der Waals surface area contributed by atoms with Crippen molar-refractivity contribution in [1.29, 1.82) is 5.26 Å². The molecule has 4 aromatic rings. The van der Waals surface area contributed by atoms with Crippen LogP contribution in [0.4, 0.5) is 4.39 Å². The van der Waals surface area contributed by atoms with Crippen LogP contribution in [0.1, 0.15) is 33.0 Å². The Bertz CT molecular complexity index is 1650. The molecule has 0 saturated heterocycles. The lowest BCUT2D eigenvalue weighted by molar-refractivity contribution is 0.0734. The normalized spacial score (nSPS) is 14.2. The fraction of sp³-hybridized carbons (Fsp3) is 0.0667. The van der Waals surface area contributed by atoms with Crippen LogP contribution in [0.15, 0.2) is 96.4 Å². The van der Waals surface area contributed by atoms with Gasteiger partial charge in [0.15, 0.2) is 0 Å². The summed E-state index contributed by atoms with van der Waals surface area (Å²) in [5.41, 5.74) is 8.72. The average Bonchev–Trinajstić information content (AvgIpc) is 2.92. The van der Waals surface area contributed by atoms with Crippen LogP contribution < -0.4 is 19.9 Å². The van der Waals surface area contributed by atoms with Crippen molar-refractivity contribution in [2.45, 2.75) is 12.5 Å². The third-order valence-corrected chi connectivity index (χ3v) is 6.61. The van der Waals surface area contributed by atoms with Gasteiger partial charge in [-0.2, -0.15) is 5.26 Å². The number of rotatable bonds is 6. The lowest BCUT2D eigenvalue weighted by Gasteiger charge is -2.27. The van der Waals surface area contributed by atoms with E-state index in [1.54, 1.807) is 30.3 Å². The minimum Gasteiger partial charge on any atom is -0.489 e. The molecule has 0 amide bonds. The second-order valence-corrected chi connectivity index (χ2v) is 9.47. The minimum atomic E-state index is -0.670. The number of hydrogen-bond donors (Lipinski definition) is 1. The van der Waals surface area contributed by atoms with E-state index in [9.17, 15) is 14.4 Å². The van der Waals surface area contributed by atoms with Crippen molar-refractivity contribution in [2.24, 2.45) is 5.73 Å². The van der Waals surface area contributed by atoms with Crippen molar-refractivity contribution in [2.75, 3.05) is 0 Å². The van der Waals surface area contributed by atoms with Crippen molar-refractivity contribution >= 4 is 29.2 Å². The predicted molar refractivity (Wildman–Crippen MR) is 144 cm³/mol. The molecule has 0 bridgehead atoms. The fourth-order valence-electron chi connectivity index (χ4n) is 4.19. The van der Waals surface area contributed by atoms with Gasteiger partial charge in [0.1, 0.15) is 41.3 Å². The SMILES string of the molecule is N#CC1=C(N)Oc2cc(OC(=O)c3ccc(Cl)cc3Cl)ccc2C1c1cccc(OCc2ccc(F)cc2)c1. The first-order valence-corrected chi connectivity index (χ1v) is 12.4. The first kappa shape index (κ1) is 26.1. The van der Waals surface area contributed by atoms with Gasteiger partial charge < -0.3 is 19.9 Å². The van der Waals surface area contributed by atoms with E-state index in [0.717, 1.165) is 11.1 Å². The second kappa shape index (κ2) is 11.1. The van der Waals surface area contributed by atoms with E-state index >= 15 is 0 Å². The van der Waals surface area contributed by atoms with Gasteiger partial charge in [-0.05, 0) is 59.7 Å². The average molecular weight is 561 g/mol. The van der Waals surface area contributed by atoms with Crippen LogP contribution in [-0.4, -0.2) is 5.97 Å². The zero-order valence-electron chi connectivity index (χ0n) is 20.2. The van der Waals surface area contributed by atoms with Crippen LogP contribution >= 0.6 is 23.2 Å². The number of halogens is 3. The third kappa shape index (κ3) is 5.68. The standard InChI is InChI=1S/C30H19Cl2FN2O4/c31-19-6-10-23(26(32)13-19)30(36)38-22-9-11-24-27(14-22)39-29(35)25(15-34)28(24)18-2-1-3-21(12-18)37-16-17-4-7-20(33)8-5-17/h1-14,28H,16,35H2. The number of benzene rings is 4. The van der Waals surface area contributed by atoms with Crippen LogP contribution in [0.5, 0.6) is 17.2 Å². The van der Waals surface area contributed by atoms with Gasteiger partial charge in [-0.1, -0.05) is 53.5 Å². The highest BCUT2D eigenvalue weighted by Gasteiger charge is 2.31. The Labute approximate surface area is 233 Å². The number of hydrogen-bond acceptors (Lipinski definition) is 6. The number of nitrogens with two attached hydrogens (primary N) is 1. The Balaban J connectivity index is 1.42. The van der Waals surface area contributed by atoms with Gasteiger partial charge in [-0.15, -0.1) is 0 Å². The summed E-state index contributed by atoms with van der Waals surface area (Å²) in [6.07, 6.45) is 0. The van der Waals surface area contributed by atoms with E-state index in [4.69, 9.17) is 43.1 Å². The third-order valence-electron chi connectivity index (χ3n) is 6.06. The number of esters is 1. The first-order valence-electron chi connectivity index (χ1n) is 11.7.